The number of hydrogen-bond donors (Lipinski definition) is 2. The van der Waals surface area contributed by atoms with E-state index >= 15 is 0 Å². The molecule has 5 nitrogen and oxygen atoms in total. The molecule has 0 heterocycles. The van der Waals surface area contributed by atoms with E-state index < -0.39 is 0 Å². The summed E-state index contributed by atoms with van der Waals surface area (Å²) in [5, 5.41) is 12.4. The summed E-state index contributed by atoms with van der Waals surface area (Å²) in [6.07, 6.45) is 40.8. The van der Waals surface area contributed by atoms with Crippen molar-refractivity contribution in [2.24, 2.45) is 0 Å². The monoisotopic (exact) mass is 637 g/mol. The molecule has 5 heteroatoms. The van der Waals surface area contributed by atoms with E-state index in [1.807, 2.05) is 0 Å². The maximum Gasteiger partial charge on any atom is 0.222 e. The van der Waals surface area contributed by atoms with Crippen LogP contribution in [0.1, 0.15) is 219 Å². The zero-order valence-corrected chi connectivity index (χ0v) is 30.7. The van der Waals surface area contributed by atoms with Gasteiger partial charge in [-0.15, -0.1) is 0 Å². The van der Waals surface area contributed by atoms with Gasteiger partial charge in [0.15, 0.2) is 0 Å². The van der Waals surface area contributed by atoms with Gasteiger partial charge < -0.3 is 15.3 Å². The first-order valence-corrected chi connectivity index (χ1v) is 20.3. The summed E-state index contributed by atoms with van der Waals surface area (Å²) in [6, 6.07) is 0. The van der Waals surface area contributed by atoms with E-state index in [1.165, 1.54) is 167 Å². The van der Waals surface area contributed by atoms with Gasteiger partial charge in [-0.25, -0.2) is 0 Å². The van der Waals surface area contributed by atoms with Gasteiger partial charge >= 0.3 is 0 Å². The Bertz CT molecular complexity index is 612. The first-order chi connectivity index (χ1) is 22.2. The van der Waals surface area contributed by atoms with E-state index in [0.29, 0.717) is 32.5 Å². The Hall–Kier alpha value is -1.10. The van der Waals surface area contributed by atoms with Crippen LogP contribution in [0.5, 0.6) is 0 Å². The summed E-state index contributed by atoms with van der Waals surface area (Å²) in [4.78, 5) is 26.6. The van der Waals surface area contributed by atoms with Crippen molar-refractivity contribution in [3.8, 4) is 0 Å². The second kappa shape index (κ2) is 37.4. The van der Waals surface area contributed by atoms with Gasteiger partial charge in [0, 0.05) is 32.5 Å². The molecule has 0 saturated carbocycles. The number of aliphatic hydroxyl groups excluding tert-OH is 1. The number of rotatable bonds is 37. The van der Waals surface area contributed by atoms with Crippen molar-refractivity contribution in [1.82, 2.24) is 10.2 Å². The molecular weight excluding hydrogens is 556 g/mol. The van der Waals surface area contributed by atoms with E-state index in [4.69, 9.17) is 0 Å². The lowest BCUT2D eigenvalue weighted by atomic mass is 10.0. The lowest BCUT2D eigenvalue weighted by Gasteiger charge is -2.22. The van der Waals surface area contributed by atoms with Crippen LogP contribution < -0.4 is 5.32 Å². The van der Waals surface area contributed by atoms with E-state index in [0.717, 1.165) is 25.7 Å². The molecule has 0 aromatic carbocycles. The normalized spacial score (nSPS) is 11.3. The first-order valence-electron chi connectivity index (χ1n) is 20.3. The summed E-state index contributed by atoms with van der Waals surface area (Å²) >= 11 is 0. The number of nitrogens with zero attached hydrogens (tertiary/aromatic N) is 1. The average Bonchev–Trinajstić information content (AvgIpc) is 3.04. The SMILES string of the molecule is CCCCCCCCCCCCCCCCCC(=O)NCCN(CCO)C(=O)CCCCCCCCCCCCCCCCC. The molecule has 0 unspecified atom stereocenters. The fraction of sp³-hybridized carbons (Fsp3) is 0.950. The van der Waals surface area contributed by atoms with Gasteiger partial charge in [-0.3, -0.25) is 9.59 Å². The molecule has 0 aliphatic rings. The molecule has 0 aliphatic carbocycles. The second-order valence-corrected chi connectivity index (χ2v) is 13.9. The molecule has 0 atom stereocenters. The Morgan fingerprint density at radius 2 is 0.756 bits per heavy atom. The molecule has 0 rings (SSSR count). The van der Waals surface area contributed by atoms with E-state index in [2.05, 4.69) is 19.2 Å². The van der Waals surface area contributed by atoms with Crippen LogP contribution in [0.2, 0.25) is 0 Å². The van der Waals surface area contributed by atoms with Crippen LogP contribution in [-0.2, 0) is 9.59 Å². The topological polar surface area (TPSA) is 69.6 Å². The Morgan fingerprint density at radius 1 is 0.444 bits per heavy atom. The summed E-state index contributed by atoms with van der Waals surface area (Å²) in [5.74, 6) is 0.193. The van der Waals surface area contributed by atoms with Crippen LogP contribution in [0.4, 0.5) is 0 Å². The van der Waals surface area contributed by atoms with Crippen molar-refractivity contribution < 1.29 is 14.7 Å². The summed E-state index contributed by atoms with van der Waals surface area (Å²) in [7, 11) is 0. The molecular formula is C40H80N2O3. The number of amides is 2. The van der Waals surface area contributed by atoms with Gasteiger partial charge in [0.25, 0.3) is 0 Å². The predicted octanol–water partition coefficient (Wildman–Crippen LogP) is 11.4. The van der Waals surface area contributed by atoms with Crippen LogP contribution in [0.25, 0.3) is 0 Å². The third-order valence-electron chi connectivity index (χ3n) is 9.43. The van der Waals surface area contributed by atoms with E-state index in [-0.39, 0.29) is 18.4 Å². The van der Waals surface area contributed by atoms with Gasteiger partial charge in [-0.05, 0) is 12.8 Å². The zero-order valence-electron chi connectivity index (χ0n) is 30.7. The smallest absolute Gasteiger partial charge is 0.222 e. The Balaban J connectivity index is 3.59. The highest BCUT2D eigenvalue weighted by Crippen LogP contribution is 2.15. The van der Waals surface area contributed by atoms with Gasteiger partial charge in [0.1, 0.15) is 0 Å². The molecule has 268 valence electrons. The number of carbonyl (C=O) groups is 2. The largest absolute Gasteiger partial charge is 0.395 e. The molecule has 0 spiro atoms. The molecule has 0 saturated heterocycles. The van der Waals surface area contributed by atoms with Crippen molar-refractivity contribution in [3.05, 3.63) is 0 Å². The number of unbranched alkanes of at least 4 members (excludes halogenated alkanes) is 28. The Morgan fingerprint density at radius 3 is 1.09 bits per heavy atom. The molecule has 0 fully saturated rings. The summed E-state index contributed by atoms with van der Waals surface area (Å²) < 4.78 is 0. The molecule has 2 N–H and O–H groups in total. The highest BCUT2D eigenvalue weighted by Gasteiger charge is 2.13. The lowest BCUT2D eigenvalue weighted by molar-refractivity contribution is -0.132. The predicted molar refractivity (Wildman–Crippen MR) is 196 cm³/mol. The Kier molecular flexibility index (Phi) is 36.4. The quantitative estimate of drug-likeness (QED) is 0.0667. The maximum atomic E-state index is 12.7. The fourth-order valence-corrected chi connectivity index (χ4v) is 6.36. The summed E-state index contributed by atoms with van der Waals surface area (Å²) in [5.41, 5.74) is 0. The highest BCUT2D eigenvalue weighted by atomic mass is 16.3. The van der Waals surface area contributed by atoms with Crippen molar-refractivity contribution in [2.75, 3.05) is 26.2 Å². The minimum absolute atomic E-state index is 0.0301. The van der Waals surface area contributed by atoms with Gasteiger partial charge in [0.2, 0.25) is 11.8 Å². The molecule has 2 amide bonds. The zero-order chi connectivity index (χ0) is 32.9. The molecule has 0 bridgehead atoms. The number of aliphatic hydroxyl groups is 1. The van der Waals surface area contributed by atoms with Crippen LogP contribution in [0.15, 0.2) is 0 Å². The Labute approximate surface area is 281 Å². The minimum Gasteiger partial charge on any atom is -0.395 e. The second-order valence-electron chi connectivity index (χ2n) is 13.9. The van der Waals surface area contributed by atoms with Crippen molar-refractivity contribution in [1.29, 1.82) is 0 Å². The van der Waals surface area contributed by atoms with Crippen LogP contribution in [0, 0.1) is 0 Å². The van der Waals surface area contributed by atoms with Crippen molar-refractivity contribution >= 4 is 11.8 Å². The number of hydrogen-bond acceptors (Lipinski definition) is 3. The molecule has 0 aromatic rings. The van der Waals surface area contributed by atoms with Crippen LogP contribution in [0.3, 0.4) is 0 Å². The highest BCUT2D eigenvalue weighted by molar-refractivity contribution is 5.77. The fourth-order valence-electron chi connectivity index (χ4n) is 6.36. The standard InChI is InChI=1S/C40H80N2O3/c1-3-5-7-9-11-13-15-17-19-21-23-25-27-29-31-33-39(44)41-35-36-42(37-38-43)40(45)34-32-30-28-26-24-22-20-18-16-14-12-10-8-6-4-2/h43H,3-38H2,1-2H3,(H,41,44). The minimum atomic E-state index is -0.0301. The number of nitrogens with one attached hydrogen (secondary N) is 1. The van der Waals surface area contributed by atoms with Gasteiger partial charge in [-0.1, -0.05) is 194 Å². The van der Waals surface area contributed by atoms with E-state index in [9.17, 15) is 14.7 Å². The average molecular weight is 637 g/mol. The van der Waals surface area contributed by atoms with Crippen molar-refractivity contribution in [3.63, 3.8) is 0 Å². The van der Waals surface area contributed by atoms with Gasteiger partial charge in [0.05, 0.1) is 6.61 Å². The van der Waals surface area contributed by atoms with Crippen LogP contribution in [-0.4, -0.2) is 48.1 Å². The lowest BCUT2D eigenvalue weighted by Crippen LogP contribution is -2.40. The third kappa shape index (κ3) is 34.1. The molecule has 0 aromatic heterocycles. The number of carbonyl (C=O) groups excluding carboxylic acids is 2. The molecule has 0 radical (unpaired) electrons. The maximum absolute atomic E-state index is 12.7. The van der Waals surface area contributed by atoms with Gasteiger partial charge in [-0.2, -0.15) is 0 Å². The van der Waals surface area contributed by atoms with Crippen LogP contribution >= 0.6 is 0 Å². The first kappa shape index (κ1) is 43.9. The summed E-state index contributed by atoms with van der Waals surface area (Å²) in [6.45, 7) is 5.84. The molecule has 45 heavy (non-hydrogen) atoms. The van der Waals surface area contributed by atoms with Crippen molar-refractivity contribution in [2.45, 2.75) is 219 Å². The third-order valence-corrected chi connectivity index (χ3v) is 9.43. The molecule has 0 aliphatic heterocycles. The van der Waals surface area contributed by atoms with E-state index in [1.54, 1.807) is 4.90 Å².